The number of alkyl halides is 4. The van der Waals surface area contributed by atoms with Crippen LogP contribution < -0.4 is 4.90 Å². The van der Waals surface area contributed by atoms with Gasteiger partial charge in [-0.3, -0.25) is 14.9 Å². The molecule has 1 unspecified atom stereocenters. The van der Waals surface area contributed by atoms with Crippen molar-refractivity contribution in [2.75, 3.05) is 23.6 Å². The number of nitro groups is 1. The molecule has 150 valence electrons. The number of nitrogens with zero attached hydrogens (tertiary/aromatic N) is 2. The Labute approximate surface area is 161 Å². The lowest BCUT2D eigenvalue weighted by Crippen LogP contribution is -2.40. The summed E-state index contributed by atoms with van der Waals surface area (Å²) in [5, 5.41) is 11.6. The van der Waals surface area contributed by atoms with Crippen molar-refractivity contribution in [3.8, 4) is 0 Å². The third-order valence-corrected chi connectivity index (χ3v) is 5.99. The second-order valence-electron chi connectivity index (χ2n) is 6.33. The van der Waals surface area contributed by atoms with E-state index < -0.39 is 38.4 Å². The lowest BCUT2D eigenvalue weighted by atomic mass is 9.95. The standard InChI is InChI=1S/C16H12ClF3N2O5S/c1-28(26,27)9-2-3-10-11(4-9)12(22(24)25)5-13-14(10)8(6-17)7-21(13)15(23)16(18,19)20/h2-5,8H,6-7H2,1H3. The first-order valence-electron chi connectivity index (χ1n) is 7.76. The number of anilines is 1. The van der Waals surface area contributed by atoms with Crippen LogP contribution in [0.4, 0.5) is 24.5 Å². The molecule has 28 heavy (non-hydrogen) atoms. The molecule has 3 rings (SSSR count). The van der Waals surface area contributed by atoms with Crippen molar-refractivity contribution < 1.29 is 31.3 Å². The number of hydrogen-bond donors (Lipinski definition) is 0. The number of carbonyl (C=O) groups excluding carboxylic acids is 1. The van der Waals surface area contributed by atoms with Crippen LogP contribution in [0.2, 0.25) is 0 Å². The van der Waals surface area contributed by atoms with E-state index in [-0.39, 0.29) is 39.3 Å². The lowest BCUT2D eigenvalue weighted by Gasteiger charge is -2.19. The maximum atomic E-state index is 13.0. The molecule has 1 atom stereocenters. The molecule has 1 amide bonds. The fraction of sp³-hybridized carbons (Fsp3) is 0.312. The Morgan fingerprint density at radius 3 is 2.46 bits per heavy atom. The van der Waals surface area contributed by atoms with Crippen LogP contribution in [0.1, 0.15) is 11.5 Å². The zero-order chi connectivity index (χ0) is 21.0. The van der Waals surface area contributed by atoms with Crippen LogP contribution in [-0.2, 0) is 14.6 Å². The average molecular weight is 437 g/mol. The molecule has 0 N–H and O–H groups in total. The van der Waals surface area contributed by atoms with Crippen molar-refractivity contribution in [1.29, 1.82) is 0 Å². The van der Waals surface area contributed by atoms with Crippen molar-refractivity contribution in [2.45, 2.75) is 17.0 Å². The number of rotatable bonds is 3. The van der Waals surface area contributed by atoms with Crippen LogP contribution >= 0.6 is 11.6 Å². The third kappa shape index (κ3) is 3.28. The predicted octanol–water partition coefficient (Wildman–Crippen LogP) is 3.38. The Morgan fingerprint density at radius 1 is 1.32 bits per heavy atom. The van der Waals surface area contributed by atoms with E-state index in [1.54, 1.807) is 0 Å². The summed E-state index contributed by atoms with van der Waals surface area (Å²) in [6.45, 7) is -0.388. The largest absolute Gasteiger partial charge is 0.471 e. The highest BCUT2D eigenvalue weighted by molar-refractivity contribution is 7.90. The van der Waals surface area contributed by atoms with Gasteiger partial charge in [-0.1, -0.05) is 6.07 Å². The molecule has 12 heteroatoms. The van der Waals surface area contributed by atoms with E-state index in [4.69, 9.17) is 11.6 Å². The molecule has 7 nitrogen and oxygen atoms in total. The smallest absolute Gasteiger partial charge is 0.303 e. The highest BCUT2D eigenvalue weighted by Gasteiger charge is 2.47. The topological polar surface area (TPSA) is 97.6 Å². The Bertz CT molecular complexity index is 1120. The van der Waals surface area contributed by atoms with Gasteiger partial charge in [0.2, 0.25) is 0 Å². The van der Waals surface area contributed by atoms with Crippen molar-refractivity contribution in [3.63, 3.8) is 0 Å². The number of amides is 1. The molecule has 1 aliphatic heterocycles. The molecule has 2 aromatic carbocycles. The van der Waals surface area contributed by atoms with Crippen molar-refractivity contribution in [3.05, 3.63) is 39.9 Å². The number of nitro benzene ring substituents is 1. The van der Waals surface area contributed by atoms with Gasteiger partial charge in [0, 0.05) is 30.7 Å². The van der Waals surface area contributed by atoms with E-state index in [9.17, 15) is 36.5 Å². The summed E-state index contributed by atoms with van der Waals surface area (Å²) < 4.78 is 62.5. The monoisotopic (exact) mass is 436 g/mol. The third-order valence-electron chi connectivity index (χ3n) is 4.51. The fourth-order valence-electron chi connectivity index (χ4n) is 3.31. The van der Waals surface area contributed by atoms with Gasteiger partial charge >= 0.3 is 12.1 Å². The van der Waals surface area contributed by atoms with Gasteiger partial charge in [0.15, 0.2) is 9.84 Å². The highest BCUT2D eigenvalue weighted by Crippen LogP contribution is 2.46. The molecule has 0 radical (unpaired) electrons. The average Bonchev–Trinajstić information content (AvgIpc) is 2.96. The van der Waals surface area contributed by atoms with Crippen LogP contribution in [-0.4, -0.2) is 44.1 Å². The minimum atomic E-state index is -5.16. The summed E-state index contributed by atoms with van der Waals surface area (Å²) in [5.41, 5.74) is -0.609. The summed E-state index contributed by atoms with van der Waals surface area (Å²) in [7, 11) is -3.68. The summed E-state index contributed by atoms with van der Waals surface area (Å²) in [4.78, 5) is 22.7. The minimum absolute atomic E-state index is 0.0527. The summed E-state index contributed by atoms with van der Waals surface area (Å²) in [6, 6.07) is 4.46. The van der Waals surface area contributed by atoms with E-state index in [0.29, 0.717) is 4.90 Å². The minimum Gasteiger partial charge on any atom is -0.303 e. The first kappa shape index (κ1) is 20.3. The molecule has 0 spiro atoms. The first-order chi connectivity index (χ1) is 12.9. The van der Waals surface area contributed by atoms with Crippen molar-refractivity contribution >= 4 is 49.5 Å². The molecule has 0 saturated heterocycles. The summed E-state index contributed by atoms with van der Waals surface area (Å²) >= 11 is 5.88. The summed E-state index contributed by atoms with van der Waals surface area (Å²) in [5.74, 6) is -2.98. The van der Waals surface area contributed by atoms with Crippen molar-refractivity contribution in [2.24, 2.45) is 0 Å². The SMILES string of the molecule is CS(=O)(=O)c1ccc2c3c(cc([N+](=O)[O-])c2c1)N(C(=O)C(F)(F)F)CC3CCl. The van der Waals surface area contributed by atoms with Crippen LogP contribution in [0.15, 0.2) is 29.2 Å². The Morgan fingerprint density at radius 2 is 1.96 bits per heavy atom. The molecule has 0 aliphatic carbocycles. The molecular weight excluding hydrogens is 425 g/mol. The maximum absolute atomic E-state index is 13.0. The van der Waals surface area contributed by atoms with Crippen LogP contribution in [0.25, 0.3) is 10.8 Å². The highest BCUT2D eigenvalue weighted by atomic mass is 35.5. The van der Waals surface area contributed by atoms with Crippen molar-refractivity contribution in [1.82, 2.24) is 0 Å². The molecule has 0 fully saturated rings. The molecule has 2 aromatic rings. The van der Waals surface area contributed by atoms with Crippen LogP contribution in [0.5, 0.6) is 0 Å². The lowest BCUT2D eigenvalue weighted by molar-refractivity contribution is -0.383. The van der Waals surface area contributed by atoms with Crippen LogP contribution in [0.3, 0.4) is 0 Å². The molecule has 0 aromatic heterocycles. The van der Waals surface area contributed by atoms with Gasteiger partial charge < -0.3 is 4.90 Å². The molecule has 1 aliphatic rings. The Hall–Kier alpha value is -2.40. The van der Waals surface area contributed by atoms with Gasteiger partial charge in [-0.15, -0.1) is 11.6 Å². The van der Waals surface area contributed by atoms with Gasteiger partial charge in [0.05, 0.1) is 20.9 Å². The van der Waals surface area contributed by atoms with Gasteiger partial charge in [-0.25, -0.2) is 8.42 Å². The molecule has 0 saturated carbocycles. The van der Waals surface area contributed by atoms with Gasteiger partial charge in [0.25, 0.3) is 5.69 Å². The maximum Gasteiger partial charge on any atom is 0.471 e. The molecule has 0 bridgehead atoms. The number of fused-ring (bicyclic) bond motifs is 3. The number of benzene rings is 2. The van der Waals surface area contributed by atoms with E-state index in [0.717, 1.165) is 18.4 Å². The Balaban J connectivity index is 2.37. The van der Waals surface area contributed by atoms with E-state index >= 15 is 0 Å². The second kappa shape index (κ2) is 6.59. The van der Waals surface area contributed by atoms with Gasteiger partial charge in [-0.05, 0) is 23.1 Å². The van der Waals surface area contributed by atoms with Gasteiger partial charge in [-0.2, -0.15) is 13.2 Å². The normalized spacial score (nSPS) is 17.0. The zero-order valence-electron chi connectivity index (χ0n) is 14.2. The second-order valence-corrected chi connectivity index (χ2v) is 8.65. The van der Waals surface area contributed by atoms with E-state index in [1.165, 1.54) is 12.1 Å². The first-order valence-corrected chi connectivity index (χ1v) is 10.2. The number of non-ortho nitro benzene ring substituents is 1. The predicted molar refractivity (Wildman–Crippen MR) is 95.6 cm³/mol. The van der Waals surface area contributed by atoms with E-state index in [2.05, 4.69) is 0 Å². The van der Waals surface area contributed by atoms with E-state index in [1.807, 2.05) is 0 Å². The number of carbonyl (C=O) groups is 1. The summed E-state index contributed by atoms with van der Waals surface area (Å²) in [6.07, 6.45) is -4.24. The quantitative estimate of drug-likeness (QED) is 0.417. The number of halogens is 4. The number of hydrogen-bond acceptors (Lipinski definition) is 5. The van der Waals surface area contributed by atoms with Gasteiger partial charge in [0.1, 0.15) is 0 Å². The Kier molecular flexibility index (Phi) is 4.79. The zero-order valence-corrected chi connectivity index (χ0v) is 15.7. The number of sulfone groups is 1. The molecule has 1 heterocycles. The molecular formula is C16H12ClF3N2O5S. The fourth-order valence-corrected chi connectivity index (χ4v) is 4.21. The van der Waals surface area contributed by atoms with Crippen LogP contribution in [0, 0.1) is 10.1 Å².